The van der Waals surface area contributed by atoms with Crippen molar-refractivity contribution in [3.05, 3.63) is 105 Å². The fourth-order valence-corrected chi connectivity index (χ4v) is 4.39. The van der Waals surface area contributed by atoms with E-state index in [9.17, 15) is 23.2 Å². The lowest BCUT2D eigenvalue weighted by Crippen LogP contribution is -2.44. The van der Waals surface area contributed by atoms with Crippen molar-refractivity contribution in [2.24, 2.45) is 0 Å². The van der Waals surface area contributed by atoms with Gasteiger partial charge in [-0.3, -0.25) is 14.2 Å². The summed E-state index contributed by atoms with van der Waals surface area (Å²) in [6, 6.07) is 9.77. The number of halogens is 2. The molecule has 0 aliphatic carbocycles. The van der Waals surface area contributed by atoms with Crippen LogP contribution in [0.3, 0.4) is 0 Å². The second-order valence-electron chi connectivity index (χ2n) is 9.21. The summed E-state index contributed by atoms with van der Waals surface area (Å²) in [5.41, 5.74) is 4.56. The molecule has 1 aliphatic rings. The quantitative estimate of drug-likeness (QED) is 0.329. The Morgan fingerprint density at radius 2 is 1.74 bits per heavy atom. The number of amides is 1. The number of nitrogens with zero attached hydrogens (tertiary/aromatic N) is 3. The molecule has 42 heavy (non-hydrogen) atoms. The Balaban J connectivity index is 0.00000198. The van der Waals surface area contributed by atoms with Crippen LogP contribution in [0.2, 0.25) is 0 Å². The van der Waals surface area contributed by atoms with Gasteiger partial charge >= 0.3 is 5.69 Å². The molecule has 0 radical (unpaired) electrons. The first-order chi connectivity index (χ1) is 20.2. The minimum Gasteiger partial charge on any atom is -0.454 e. The molecule has 0 spiro atoms. The third-order valence-corrected chi connectivity index (χ3v) is 6.63. The Kier molecular flexibility index (Phi) is 9.48. The van der Waals surface area contributed by atoms with Crippen molar-refractivity contribution in [2.75, 3.05) is 24.3 Å². The van der Waals surface area contributed by atoms with Crippen LogP contribution in [0.4, 0.5) is 20.3 Å². The van der Waals surface area contributed by atoms with Crippen molar-refractivity contribution in [2.45, 2.75) is 39.7 Å². The summed E-state index contributed by atoms with van der Waals surface area (Å²) in [7, 11) is 0. The number of nitrogen functional groups attached to an aromatic ring is 1. The van der Waals surface area contributed by atoms with Crippen LogP contribution in [0.1, 0.15) is 48.7 Å². The zero-order valence-electron chi connectivity index (χ0n) is 23.4. The summed E-state index contributed by atoms with van der Waals surface area (Å²) >= 11 is 0. The predicted octanol–water partition coefficient (Wildman–Crippen LogP) is 4.99. The van der Waals surface area contributed by atoms with E-state index in [1.54, 1.807) is 13.0 Å². The average molecular weight is 580 g/mol. The van der Waals surface area contributed by atoms with Crippen molar-refractivity contribution in [3.8, 4) is 17.2 Å². The summed E-state index contributed by atoms with van der Waals surface area (Å²) < 4.78 is 41.6. The molecule has 0 saturated carbocycles. The van der Waals surface area contributed by atoms with Crippen molar-refractivity contribution < 1.29 is 23.0 Å². The monoisotopic (exact) mass is 579 g/mol. The van der Waals surface area contributed by atoms with E-state index in [1.807, 2.05) is 13.8 Å². The van der Waals surface area contributed by atoms with Crippen LogP contribution in [-0.2, 0) is 4.74 Å². The first-order valence-electron chi connectivity index (χ1n) is 13.4. The van der Waals surface area contributed by atoms with Crippen LogP contribution < -0.4 is 27.0 Å². The van der Waals surface area contributed by atoms with Crippen LogP contribution in [-0.4, -0.2) is 33.2 Å². The maximum absolute atomic E-state index is 14.9. The van der Waals surface area contributed by atoms with E-state index >= 15 is 0 Å². The highest BCUT2D eigenvalue weighted by atomic mass is 19.1. The zero-order valence-corrected chi connectivity index (χ0v) is 23.4. The maximum Gasteiger partial charge on any atom is 0.335 e. The van der Waals surface area contributed by atoms with Crippen LogP contribution in [0, 0.1) is 18.6 Å². The lowest BCUT2D eigenvalue weighted by molar-refractivity contribution is 0.0679. The highest BCUT2D eigenvalue weighted by Crippen LogP contribution is 2.30. The van der Waals surface area contributed by atoms with Gasteiger partial charge in [0, 0.05) is 49.0 Å². The second-order valence-corrected chi connectivity index (χ2v) is 9.21. The van der Waals surface area contributed by atoms with Crippen LogP contribution in [0.25, 0.3) is 5.69 Å². The van der Waals surface area contributed by atoms with Gasteiger partial charge in [0.15, 0.2) is 11.6 Å². The summed E-state index contributed by atoms with van der Waals surface area (Å²) in [6.07, 6.45) is 3.64. The molecular formula is C30H31F2N5O5. The Morgan fingerprint density at radius 1 is 1.05 bits per heavy atom. The van der Waals surface area contributed by atoms with E-state index in [0.29, 0.717) is 37.4 Å². The molecule has 2 aromatic heterocycles. The van der Waals surface area contributed by atoms with Gasteiger partial charge in [-0.1, -0.05) is 13.8 Å². The molecule has 3 N–H and O–H groups in total. The van der Waals surface area contributed by atoms with Gasteiger partial charge in [0.1, 0.15) is 22.9 Å². The lowest BCUT2D eigenvalue weighted by Gasteiger charge is -2.25. The molecule has 4 aromatic rings. The Morgan fingerprint density at radius 3 is 2.40 bits per heavy atom. The molecule has 220 valence electrons. The number of carbonyl (C=O) groups excluding carboxylic acids is 1. The molecule has 1 saturated heterocycles. The molecule has 3 heterocycles. The average Bonchev–Trinajstić information content (AvgIpc) is 2.99. The fourth-order valence-electron chi connectivity index (χ4n) is 4.39. The second kappa shape index (κ2) is 13.2. The summed E-state index contributed by atoms with van der Waals surface area (Å²) in [6.45, 7) is 6.50. The third-order valence-electron chi connectivity index (χ3n) is 6.63. The number of rotatable bonds is 6. The number of carbonyl (C=O) groups is 1. The largest absolute Gasteiger partial charge is 0.454 e. The Labute approximate surface area is 240 Å². The first-order valence-corrected chi connectivity index (χ1v) is 13.4. The SMILES string of the molecule is CC.Cc1c(Oc2ccc(NC(=O)c3cn(C4CCOCC4)c(=O)n(-c4ccc(F)cc4)c3=O)cc2F)ccnc1N. The van der Waals surface area contributed by atoms with Gasteiger partial charge < -0.3 is 20.5 Å². The van der Waals surface area contributed by atoms with Gasteiger partial charge in [-0.25, -0.2) is 23.1 Å². The van der Waals surface area contributed by atoms with Crippen molar-refractivity contribution in [1.29, 1.82) is 0 Å². The molecule has 1 amide bonds. The standard InChI is InChI=1S/C28H25F2N5O5.C2H6/c1-16-23(8-11-32-25(16)31)40-24-7-4-18(14-22(24)30)33-26(36)21-15-34(19-9-12-39-13-10-19)28(38)35(27(21)37)20-5-2-17(29)3-6-20;1-2/h2-8,11,14-15,19H,9-10,12-13H2,1H3,(H2,31,32)(H,33,36);1-2H3. The minimum atomic E-state index is -0.899. The fraction of sp³-hybridized carbons (Fsp3) is 0.267. The molecule has 0 atom stereocenters. The summed E-state index contributed by atoms with van der Waals surface area (Å²) in [5, 5.41) is 2.51. The van der Waals surface area contributed by atoms with Gasteiger partial charge in [0.2, 0.25) is 0 Å². The van der Waals surface area contributed by atoms with Gasteiger partial charge in [-0.05, 0) is 62.2 Å². The minimum absolute atomic E-state index is 0.0531. The molecule has 12 heteroatoms. The van der Waals surface area contributed by atoms with E-state index < -0.39 is 28.8 Å². The molecule has 5 rings (SSSR count). The van der Waals surface area contributed by atoms with Crippen molar-refractivity contribution in [1.82, 2.24) is 14.1 Å². The molecule has 1 fully saturated rings. The lowest BCUT2D eigenvalue weighted by atomic mass is 10.1. The highest BCUT2D eigenvalue weighted by molar-refractivity contribution is 6.03. The molecule has 1 aliphatic heterocycles. The topological polar surface area (TPSA) is 130 Å². The number of benzene rings is 2. The number of ether oxygens (including phenoxy) is 2. The van der Waals surface area contributed by atoms with Gasteiger partial charge in [-0.2, -0.15) is 0 Å². The third kappa shape index (κ3) is 6.39. The number of hydrogen-bond acceptors (Lipinski definition) is 7. The number of nitrogens with one attached hydrogen (secondary N) is 1. The van der Waals surface area contributed by atoms with E-state index in [2.05, 4.69) is 10.3 Å². The maximum atomic E-state index is 14.9. The zero-order chi connectivity index (χ0) is 30.4. The number of nitrogens with two attached hydrogens (primary N) is 1. The molecular weight excluding hydrogens is 548 g/mol. The number of aromatic nitrogens is 3. The van der Waals surface area contributed by atoms with Crippen LogP contribution in [0.15, 0.2) is 70.5 Å². The predicted molar refractivity (Wildman–Crippen MR) is 155 cm³/mol. The number of pyridine rings is 1. The summed E-state index contributed by atoms with van der Waals surface area (Å²) in [5.74, 6) is -1.73. The van der Waals surface area contributed by atoms with E-state index in [1.165, 1.54) is 41.2 Å². The van der Waals surface area contributed by atoms with E-state index in [4.69, 9.17) is 15.2 Å². The van der Waals surface area contributed by atoms with Crippen molar-refractivity contribution in [3.63, 3.8) is 0 Å². The van der Waals surface area contributed by atoms with Gasteiger partial charge in [-0.15, -0.1) is 0 Å². The smallest absolute Gasteiger partial charge is 0.335 e. The molecule has 2 aromatic carbocycles. The van der Waals surface area contributed by atoms with Gasteiger partial charge in [0.25, 0.3) is 11.5 Å². The normalized spacial score (nSPS) is 13.2. The number of hydrogen-bond donors (Lipinski definition) is 2. The Hall–Kier alpha value is -4.84. The van der Waals surface area contributed by atoms with Crippen molar-refractivity contribution >= 4 is 17.4 Å². The van der Waals surface area contributed by atoms with Crippen LogP contribution >= 0.6 is 0 Å². The highest BCUT2D eigenvalue weighted by Gasteiger charge is 2.24. The van der Waals surface area contributed by atoms with Crippen LogP contribution in [0.5, 0.6) is 11.5 Å². The van der Waals surface area contributed by atoms with E-state index in [0.717, 1.165) is 22.8 Å². The van der Waals surface area contributed by atoms with Gasteiger partial charge in [0.05, 0.1) is 5.69 Å². The van der Waals surface area contributed by atoms with E-state index in [-0.39, 0.29) is 34.5 Å². The molecule has 0 unspecified atom stereocenters. The number of anilines is 2. The molecule has 10 nitrogen and oxygen atoms in total. The Bertz CT molecular complexity index is 1700. The summed E-state index contributed by atoms with van der Waals surface area (Å²) in [4.78, 5) is 44.0. The first kappa shape index (κ1) is 30.1. The molecule has 0 bridgehead atoms.